The van der Waals surface area contributed by atoms with Crippen molar-refractivity contribution in [1.82, 2.24) is 9.96 Å². The van der Waals surface area contributed by atoms with Gasteiger partial charge in [0.2, 0.25) is 0 Å². The highest BCUT2D eigenvalue weighted by molar-refractivity contribution is 6.23. The molecule has 0 saturated carbocycles. The van der Waals surface area contributed by atoms with Gasteiger partial charge in [0, 0.05) is 12.2 Å². The largest absolute Gasteiger partial charge is 0.449 e. The van der Waals surface area contributed by atoms with Crippen LogP contribution in [0, 0.1) is 0 Å². The van der Waals surface area contributed by atoms with Crippen molar-refractivity contribution in [2.75, 3.05) is 0 Å². The van der Waals surface area contributed by atoms with Crippen LogP contribution in [0.5, 0.6) is 0 Å². The number of rotatable bonds is 1. The number of hydroxylamine groups is 2. The summed E-state index contributed by atoms with van der Waals surface area (Å²) < 4.78 is 0. The number of carbonyl (C=O) groups is 5. The smallest absolute Gasteiger partial charge is 0.309 e. The molecule has 104 valence electrons. The quantitative estimate of drug-likeness (QED) is 0.686. The zero-order valence-electron chi connectivity index (χ0n) is 10.3. The molecule has 0 bridgehead atoms. The van der Waals surface area contributed by atoms with Crippen LogP contribution in [-0.4, -0.2) is 39.7 Å². The second-order valence-corrected chi connectivity index (χ2v) is 4.15. The Morgan fingerprint density at radius 2 is 1.33 bits per heavy atom. The third kappa shape index (κ3) is 1.81. The average molecular weight is 286 g/mol. The monoisotopic (exact) mass is 286 g/mol. The van der Waals surface area contributed by atoms with Crippen LogP contribution in [0.1, 0.15) is 20.7 Å². The maximum Gasteiger partial charge on any atom is 0.449 e. The molecular formula is C13H6N2O6. The summed E-state index contributed by atoms with van der Waals surface area (Å²) >= 11 is 0. The van der Waals surface area contributed by atoms with Crippen molar-refractivity contribution < 1.29 is 28.8 Å². The Hall–Kier alpha value is -3.29. The maximum absolute atomic E-state index is 11.9. The van der Waals surface area contributed by atoms with Gasteiger partial charge in [0.25, 0.3) is 23.6 Å². The Labute approximate surface area is 117 Å². The molecule has 0 spiro atoms. The van der Waals surface area contributed by atoms with E-state index >= 15 is 0 Å². The molecule has 0 fully saturated rings. The normalized spacial score (nSPS) is 16.8. The minimum atomic E-state index is -1.41. The number of hydrogen-bond acceptors (Lipinski definition) is 6. The van der Waals surface area contributed by atoms with Crippen LogP contribution in [-0.2, 0) is 14.4 Å². The predicted octanol–water partition coefficient (Wildman–Crippen LogP) is 0.259. The summed E-state index contributed by atoms with van der Waals surface area (Å²) in [6.07, 6.45) is 0.349. The van der Waals surface area contributed by atoms with Crippen molar-refractivity contribution in [1.29, 1.82) is 0 Å². The molecule has 5 amide bonds. The van der Waals surface area contributed by atoms with Crippen LogP contribution in [0.2, 0.25) is 0 Å². The lowest BCUT2D eigenvalue weighted by Crippen LogP contribution is -2.42. The van der Waals surface area contributed by atoms with Gasteiger partial charge in [-0.05, 0) is 12.1 Å². The first kappa shape index (κ1) is 12.7. The summed E-state index contributed by atoms with van der Waals surface area (Å²) in [5.74, 6) is -3.48. The molecule has 21 heavy (non-hydrogen) atoms. The summed E-state index contributed by atoms with van der Waals surface area (Å²) in [5, 5.41) is 0.228. The fraction of sp³-hybridized carbons (Fsp3) is 0. The zero-order chi connectivity index (χ0) is 15.1. The van der Waals surface area contributed by atoms with Crippen molar-refractivity contribution in [3.63, 3.8) is 0 Å². The summed E-state index contributed by atoms with van der Waals surface area (Å²) in [7, 11) is 0. The van der Waals surface area contributed by atoms with Gasteiger partial charge in [-0.2, -0.15) is 4.90 Å². The molecule has 8 nitrogen and oxygen atoms in total. The van der Waals surface area contributed by atoms with Crippen LogP contribution >= 0.6 is 0 Å². The first-order valence-corrected chi connectivity index (χ1v) is 5.76. The zero-order valence-corrected chi connectivity index (χ0v) is 10.3. The second kappa shape index (κ2) is 4.37. The minimum Gasteiger partial charge on any atom is -0.309 e. The number of benzene rings is 1. The van der Waals surface area contributed by atoms with Gasteiger partial charge >= 0.3 is 6.09 Å². The molecular weight excluding hydrogens is 280 g/mol. The SMILES string of the molecule is O=C1c2ccccc2C(=O)N1OC(=O)N1C(=O)C=CC1=O. The van der Waals surface area contributed by atoms with E-state index in [1.165, 1.54) is 12.1 Å². The molecule has 8 heteroatoms. The van der Waals surface area contributed by atoms with Gasteiger partial charge in [-0.25, -0.2) is 4.79 Å². The molecule has 0 saturated heterocycles. The number of imide groups is 4. The molecule has 0 N–H and O–H groups in total. The van der Waals surface area contributed by atoms with E-state index in [4.69, 9.17) is 0 Å². The van der Waals surface area contributed by atoms with Crippen molar-refractivity contribution >= 4 is 29.7 Å². The highest BCUT2D eigenvalue weighted by atomic mass is 16.7. The first-order chi connectivity index (χ1) is 10.0. The number of nitrogens with zero attached hydrogens (tertiary/aromatic N) is 2. The average Bonchev–Trinajstić information content (AvgIpc) is 2.92. The van der Waals surface area contributed by atoms with Gasteiger partial charge in [-0.15, -0.1) is 0 Å². The molecule has 0 aliphatic carbocycles. The van der Waals surface area contributed by atoms with Crippen LogP contribution in [0.15, 0.2) is 36.4 Å². The van der Waals surface area contributed by atoms with E-state index in [1.54, 1.807) is 12.1 Å². The summed E-state index contributed by atoms with van der Waals surface area (Å²) in [6, 6.07) is 5.90. The Morgan fingerprint density at radius 3 is 1.81 bits per heavy atom. The minimum absolute atomic E-state index is 0.0764. The van der Waals surface area contributed by atoms with Gasteiger partial charge < -0.3 is 4.84 Å². The van der Waals surface area contributed by atoms with Gasteiger partial charge in [-0.1, -0.05) is 17.2 Å². The van der Waals surface area contributed by atoms with Gasteiger partial charge in [0.15, 0.2) is 0 Å². The van der Waals surface area contributed by atoms with Crippen molar-refractivity contribution in [3.05, 3.63) is 47.5 Å². The standard InChI is InChI=1S/C13H6N2O6/c16-9-5-6-10(17)14(9)13(20)21-15-11(18)7-3-1-2-4-8(7)12(15)19/h1-6H. The molecule has 3 rings (SSSR count). The van der Waals surface area contributed by atoms with E-state index in [9.17, 15) is 24.0 Å². The third-order valence-corrected chi connectivity index (χ3v) is 2.92. The summed E-state index contributed by atoms with van der Waals surface area (Å²) in [5.41, 5.74) is 0.153. The van der Waals surface area contributed by atoms with E-state index in [1.807, 2.05) is 0 Å². The van der Waals surface area contributed by atoms with Gasteiger partial charge in [0.1, 0.15) is 0 Å². The van der Waals surface area contributed by atoms with Crippen molar-refractivity contribution in [2.45, 2.75) is 0 Å². The molecule has 2 aliphatic rings. The van der Waals surface area contributed by atoms with Crippen molar-refractivity contribution in [2.24, 2.45) is 0 Å². The van der Waals surface area contributed by atoms with E-state index in [-0.39, 0.29) is 21.1 Å². The number of carbonyl (C=O) groups excluding carboxylic acids is 5. The van der Waals surface area contributed by atoms with Gasteiger partial charge in [-0.3, -0.25) is 19.2 Å². The molecule has 0 radical (unpaired) electrons. The van der Waals surface area contributed by atoms with Crippen LogP contribution in [0.4, 0.5) is 4.79 Å². The molecule has 0 atom stereocenters. The lowest BCUT2D eigenvalue weighted by atomic mass is 10.1. The fourth-order valence-corrected chi connectivity index (χ4v) is 1.95. The molecule has 1 aromatic rings. The van der Waals surface area contributed by atoms with E-state index in [0.29, 0.717) is 0 Å². The number of fused-ring (bicyclic) bond motifs is 1. The van der Waals surface area contributed by atoms with Crippen molar-refractivity contribution in [3.8, 4) is 0 Å². The molecule has 2 heterocycles. The molecule has 0 unspecified atom stereocenters. The topological polar surface area (TPSA) is 101 Å². The van der Waals surface area contributed by atoms with E-state index in [2.05, 4.69) is 4.84 Å². The highest BCUT2D eigenvalue weighted by Crippen LogP contribution is 2.23. The summed E-state index contributed by atoms with van der Waals surface area (Å²) in [6.45, 7) is 0. The Kier molecular flexibility index (Phi) is 2.65. The molecule has 1 aromatic carbocycles. The number of amides is 5. The molecule has 2 aliphatic heterocycles. The molecule has 0 aromatic heterocycles. The highest BCUT2D eigenvalue weighted by Gasteiger charge is 2.41. The fourth-order valence-electron chi connectivity index (χ4n) is 1.95. The lowest BCUT2D eigenvalue weighted by molar-refractivity contribution is -0.137. The van der Waals surface area contributed by atoms with E-state index in [0.717, 1.165) is 12.2 Å². The van der Waals surface area contributed by atoms with Gasteiger partial charge in [0.05, 0.1) is 11.1 Å². The van der Waals surface area contributed by atoms with E-state index < -0.39 is 29.7 Å². The Morgan fingerprint density at radius 1 is 0.857 bits per heavy atom. The van der Waals surface area contributed by atoms with Crippen LogP contribution < -0.4 is 0 Å². The first-order valence-electron chi connectivity index (χ1n) is 5.76. The Bertz CT molecular complexity index is 698. The lowest BCUT2D eigenvalue weighted by Gasteiger charge is -2.16. The number of hydrogen-bond donors (Lipinski definition) is 0. The summed E-state index contributed by atoms with van der Waals surface area (Å²) in [4.78, 5) is 63.0. The van der Waals surface area contributed by atoms with Crippen LogP contribution in [0.25, 0.3) is 0 Å². The third-order valence-electron chi connectivity index (χ3n) is 2.92. The predicted molar refractivity (Wildman–Crippen MR) is 64.4 cm³/mol. The van der Waals surface area contributed by atoms with Crippen LogP contribution in [0.3, 0.4) is 0 Å². The second-order valence-electron chi connectivity index (χ2n) is 4.15. The Balaban J connectivity index is 1.83. The maximum atomic E-state index is 11.9.